The predicted molar refractivity (Wildman–Crippen MR) is 76.8 cm³/mol. The van der Waals surface area contributed by atoms with Gasteiger partial charge in [0, 0.05) is 17.9 Å². The highest BCUT2D eigenvalue weighted by molar-refractivity contribution is 7.99. The standard InChI is InChI=1S/C14H17N3O2S/c18-13(16-7-11-3-1-2-6-15-11)12-8-20-9-17(12)14(19)10-4-5-10/h1-3,6,10,12H,4-5,7-9H2,(H,16,18)/t12-/m1/s1. The average molecular weight is 291 g/mol. The van der Waals surface area contributed by atoms with Crippen LogP contribution in [-0.2, 0) is 16.1 Å². The SMILES string of the molecule is O=C(NCc1ccccn1)[C@H]1CSCN1C(=O)C1CC1. The predicted octanol–water partition coefficient (Wildman–Crippen LogP) is 1.01. The van der Waals surface area contributed by atoms with Crippen LogP contribution in [0, 0.1) is 5.92 Å². The Kier molecular flexibility index (Phi) is 3.91. The number of nitrogens with one attached hydrogen (secondary N) is 1. The van der Waals surface area contributed by atoms with Crippen molar-refractivity contribution in [1.82, 2.24) is 15.2 Å². The summed E-state index contributed by atoms with van der Waals surface area (Å²) >= 11 is 1.64. The summed E-state index contributed by atoms with van der Waals surface area (Å²) in [5.41, 5.74) is 0.826. The molecule has 1 aliphatic heterocycles. The van der Waals surface area contributed by atoms with Crippen LogP contribution in [0.3, 0.4) is 0 Å². The quantitative estimate of drug-likeness (QED) is 0.899. The minimum Gasteiger partial charge on any atom is -0.349 e. The van der Waals surface area contributed by atoms with E-state index in [-0.39, 0.29) is 23.8 Å². The van der Waals surface area contributed by atoms with Crippen LogP contribution in [0.15, 0.2) is 24.4 Å². The Morgan fingerprint density at radius 1 is 1.40 bits per heavy atom. The van der Waals surface area contributed by atoms with E-state index in [0.717, 1.165) is 18.5 Å². The molecule has 1 aromatic heterocycles. The number of pyridine rings is 1. The number of hydrogen-bond acceptors (Lipinski definition) is 4. The molecular weight excluding hydrogens is 274 g/mol. The first-order valence-corrected chi connectivity index (χ1v) is 7.97. The Balaban J connectivity index is 1.57. The largest absolute Gasteiger partial charge is 0.349 e. The molecule has 2 amide bonds. The van der Waals surface area contributed by atoms with Gasteiger partial charge in [0.15, 0.2) is 0 Å². The van der Waals surface area contributed by atoms with E-state index in [1.807, 2.05) is 18.2 Å². The Morgan fingerprint density at radius 2 is 2.25 bits per heavy atom. The fraction of sp³-hybridized carbons (Fsp3) is 0.500. The van der Waals surface area contributed by atoms with Crippen molar-refractivity contribution in [2.75, 3.05) is 11.6 Å². The lowest BCUT2D eigenvalue weighted by Gasteiger charge is -2.23. The molecule has 1 saturated carbocycles. The maximum Gasteiger partial charge on any atom is 0.244 e. The molecular formula is C14H17N3O2S. The van der Waals surface area contributed by atoms with Crippen molar-refractivity contribution in [3.05, 3.63) is 30.1 Å². The van der Waals surface area contributed by atoms with Crippen molar-refractivity contribution >= 4 is 23.6 Å². The van der Waals surface area contributed by atoms with Gasteiger partial charge < -0.3 is 10.2 Å². The van der Waals surface area contributed by atoms with Gasteiger partial charge in [-0.1, -0.05) is 6.07 Å². The van der Waals surface area contributed by atoms with Gasteiger partial charge in [-0.15, -0.1) is 11.8 Å². The highest BCUT2D eigenvalue weighted by Gasteiger charge is 2.41. The van der Waals surface area contributed by atoms with Gasteiger partial charge >= 0.3 is 0 Å². The zero-order valence-corrected chi connectivity index (χ0v) is 11.9. The van der Waals surface area contributed by atoms with Crippen molar-refractivity contribution in [3.8, 4) is 0 Å². The maximum absolute atomic E-state index is 12.2. The molecule has 1 atom stereocenters. The fourth-order valence-electron chi connectivity index (χ4n) is 2.24. The zero-order valence-electron chi connectivity index (χ0n) is 11.1. The van der Waals surface area contributed by atoms with Crippen LogP contribution in [0.4, 0.5) is 0 Å². The van der Waals surface area contributed by atoms with Gasteiger partial charge in [-0.05, 0) is 25.0 Å². The molecule has 2 heterocycles. The van der Waals surface area contributed by atoms with E-state index in [0.29, 0.717) is 18.2 Å². The van der Waals surface area contributed by atoms with Gasteiger partial charge in [-0.3, -0.25) is 14.6 Å². The van der Waals surface area contributed by atoms with Gasteiger partial charge in [0.2, 0.25) is 11.8 Å². The molecule has 0 bridgehead atoms. The number of aromatic nitrogens is 1. The van der Waals surface area contributed by atoms with E-state index in [1.54, 1.807) is 22.9 Å². The summed E-state index contributed by atoms with van der Waals surface area (Å²) in [6, 6.07) is 5.28. The Morgan fingerprint density at radius 3 is 2.95 bits per heavy atom. The molecule has 20 heavy (non-hydrogen) atoms. The normalized spacial score (nSPS) is 21.8. The molecule has 0 spiro atoms. The van der Waals surface area contributed by atoms with Crippen LogP contribution in [0.2, 0.25) is 0 Å². The summed E-state index contributed by atoms with van der Waals surface area (Å²) in [6.07, 6.45) is 3.65. The molecule has 1 aromatic rings. The second-order valence-electron chi connectivity index (χ2n) is 5.14. The third kappa shape index (κ3) is 2.95. The van der Waals surface area contributed by atoms with E-state index in [9.17, 15) is 9.59 Å². The average Bonchev–Trinajstić information content (AvgIpc) is 3.22. The molecule has 1 saturated heterocycles. The molecule has 6 heteroatoms. The highest BCUT2D eigenvalue weighted by atomic mass is 32.2. The number of rotatable bonds is 4. The first-order chi connectivity index (χ1) is 9.75. The van der Waals surface area contributed by atoms with Crippen LogP contribution in [0.5, 0.6) is 0 Å². The number of thioether (sulfide) groups is 1. The molecule has 5 nitrogen and oxygen atoms in total. The fourth-order valence-corrected chi connectivity index (χ4v) is 3.40. The summed E-state index contributed by atoms with van der Waals surface area (Å²) < 4.78 is 0. The smallest absolute Gasteiger partial charge is 0.244 e. The second-order valence-corrected chi connectivity index (χ2v) is 6.14. The van der Waals surface area contributed by atoms with E-state index in [1.165, 1.54) is 0 Å². The highest BCUT2D eigenvalue weighted by Crippen LogP contribution is 2.34. The Hall–Kier alpha value is -1.56. The summed E-state index contributed by atoms with van der Waals surface area (Å²) in [6.45, 7) is 0.409. The summed E-state index contributed by atoms with van der Waals surface area (Å²) in [7, 11) is 0. The third-order valence-corrected chi connectivity index (χ3v) is 4.58. The molecule has 106 valence electrons. The minimum absolute atomic E-state index is 0.0744. The summed E-state index contributed by atoms with van der Waals surface area (Å²) in [5.74, 6) is 1.56. The lowest BCUT2D eigenvalue weighted by molar-refractivity contribution is -0.139. The molecule has 0 unspecified atom stereocenters. The van der Waals surface area contributed by atoms with Crippen LogP contribution in [0.1, 0.15) is 18.5 Å². The molecule has 3 rings (SSSR count). The first kappa shape index (κ1) is 13.4. The molecule has 1 aliphatic carbocycles. The van der Waals surface area contributed by atoms with Gasteiger partial charge in [0.05, 0.1) is 18.1 Å². The van der Waals surface area contributed by atoms with Crippen molar-refractivity contribution < 1.29 is 9.59 Å². The van der Waals surface area contributed by atoms with E-state index >= 15 is 0 Å². The maximum atomic E-state index is 12.2. The van der Waals surface area contributed by atoms with Gasteiger partial charge in [0.1, 0.15) is 6.04 Å². The van der Waals surface area contributed by atoms with E-state index in [2.05, 4.69) is 10.3 Å². The van der Waals surface area contributed by atoms with Crippen molar-refractivity contribution in [2.45, 2.75) is 25.4 Å². The summed E-state index contributed by atoms with van der Waals surface area (Å²) in [4.78, 5) is 30.2. The van der Waals surface area contributed by atoms with Crippen molar-refractivity contribution in [3.63, 3.8) is 0 Å². The first-order valence-electron chi connectivity index (χ1n) is 6.81. The van der Waals surface area contributed by atoms with Crippen molar-refractivity contribution in [1.29, 1.82) is 0 Å². The van der Waals surface area contributed by atoms with Gasteiger partial charge in [-0.2, -0.15) is 0 Å². The lowest BCUT2D eigenvalue weighted by Crippen LogP contribution is -2.47. The molecule has 2 fully saturated rings. The minimum atomic E-state index is -0.322. The molecule has 2 aliphatic rings. The van der Waals surface area contributed by atoms with Gasteiger partial charge in [0.25, 0.3) is 0 Å². The monoisotopic (exact) mass is 291 g/mol. The Labute approximate surface area is 122 Å². The number of carbonyl (C=O) groups excluding carboxylic acids is 2. The lowest BCUT2D eigenvalue weighted by atomic mass is 10.2. The van der Waals surface area contributed by atoms with Crippen LogP contribution >= 0.6 is 11.8 Å². The number of carbonyl (C=O) groups is 2. The zero-order chi connectivity index (χ0) is 13.9. The van der Waals surface area contributed by atoms with Crippen LogP contribution in [0.25, 0.3) is 0 Å². The van der Waals surface area contributed by atoms with Crippen LogP contribution in [-0.4, -0.2) is 39.4 Å². The third-order valence-electron chi connectivity index (χ3n) is 3.56. The molecule has 1 N–H and O–H groups in total. The number of hydrogen-bond donors (Lipinski definition) is 1. The number of nitrogens with zero attached hydrogens (tertiary/aromatic N) is 2. The summed E-state index contributed by atoms with van der Waals surface area (Å²) in [5, 5.41) is 2.88. The molecule has 0 radical (unpaired) electrons. The topological polar surface area (TPSA) is 62.3 Å². The number of amides is 2. The Bertz CT molecular complexity index is 504. The van der Waals surface area contributed by atoms with Crippen molar-refractivity contribution in [2.24, 2.45) is 5.92 Å². The van der Waals surface area contributed by atoms with E-state index < -0.39 is 0 Å². The van der Waals surface area contributed by atoms with Gasteiger partial charge in [-0.25, -0.2) is 0 Å². The molecule has 0 aromatic carbocycles. The van der Waals surface area contributed by atoms with Crippen LogP contribution < -0.4 is 5.32 Å². The van der Waals surface area contributed by atoms with E-state index in [4.69, 9.17) is 0 Å². The second kappa shape index (κ2) is 5.83.